The SMILES string of the molecule is O=C(c1ccn[nH]1)N1CC2(CC(Oc3cnccn3)CCO2)C1. The predicted molar refractivity (Wildman–Crippen MR) is 78.9 cm³/mol. The summed E-state index contributed by atoms with van der Waals surface area (Å²) in [7, 11) is 0. The Morgan fingerprint density at radius 3 is 3.04 bits per heavy atom. The van der Waals surface area contributed by atoms with Crippen molar-refractivity contribution in [3.8, 4) is 5.88 Å². The first kappa shape index (κ1) is 14.1. The number of nitrogens with one attached hydrogen (secondary N) is 1. The lowest BCUT2D eigenvalue weighted by Gasteiger charge is -2.52. The highest BCUT2D eigenvalue weighted by atomic mass is 16.5. The largest absolute Gasteiger partial charge is 0.473 e. The average Bonchev–Trinajstić information content (AvgIpc) is 3.07. The van der Waals surface area contributed by atoms with E-state index in [2.05, 4.69) is 20.2 Å². The summed E-state index contributed by atoms with van der Waals surface area (Å²) in [5.74, 6) is 0.480. The third-order valence-corrected chi connectivity index (χ3v) is 4.25. The Morgan fingerprint density at radius 2 is 2.30 bits per heavy atom. The molecule has 0 bridgehead atoms. The van der Waals surface area contributed by atoms with E-state index in [4.69, 9.17) is 9.47 Å². The fourth-order valence-corrected chi connectivity index (χ4v) is 3.16. The van der Waals surface area contributed by atoms with Gasteiger partial charge in [0.25, 0.3) is 5.91 Å². The smallest absolute Gasteiger partial charge is 0.272 e. The maximum atomic E-state index is 12.2. The number of hydrogen-bond acceptors (Lipinski definition) is 6. The van der Waals surface area contributed by atoms with E-state index in [-0.39, 0.29) is 17.6 Å². The van der Waals surface area contributed by atoms with E-state index in [0.717, 1.165) is 12.8 Å². The van der Waals surface area contributed by atoms with Crippen LogP contribution in [-0.2, 0) is 4.74 Å². The van der Waals surface area contributed by atoms with Gasteiger partial charge in [-0.2, -0.15) is 5.10 Å². The number of carbonyl (C=O) groups is 1. The number of hydrogen-bond donors (Lipinski definition) is 1. The van der Waals surface area contributed by atoms with Gasteiger partial charge in [0.1, 0.15) is 17.4 Å². The van der Waals surface area contributed by atoms with Crippen molar-refractivity contribution < 1.29 is 14.3 Å². The second-order valence-corrected chi connectivity index (χ2v) is 5.94. The van der Waals surface area contributed by atoms with Crippen LogP contribution in [0.25, 0.3) is 0 Å². The molecule has 1 unspecified atom stereocenters. The zero-order valence-corrected chi connectivity index (χ0v) is 12.5. The number of aromatic nitrogens is 4. The number of ether oxygens (including phenoxy) is 2. The van der Waals surface area contributed by atoms with E-state index < -0.39 is 0 Å². The summed E-state index contributed by atoms with van der Waals surface area (Å²) in [6, 6.07) is 1.68. The molecule has 23 heavy (non-hydrogen) atoms. The van der Waals surface area contributed by atoms with Crippen LogP contribution in [0.2, 0.25) is 0 Å². The Morgan fingerprint density at radius 1 is 1.39 bits per heavy atom. The first-order chi connectivity index (χ1) is 11.2. The van der Waals surface area contributed by atoms with Crippen molar-refractivity contribution in [3.05, 3.63) is 36.5 Å². The molecule has 4 rings (SSSR count). The number of carbonyl (C=O) groups excluding carboxylic acids is 1. The van der Waals surface area contributed by atoms with Crippen LogP contribution >= 0.6 is 0 Å². The van der Waals surface area contributed by atoms with Crippen LogP contribution in [0.4, 0.5) is 0 Å². The minimum absolute atomic E-state index is 0.0323. The van der Waals surface area contributed by atoms with Gasteiger partial charge in [0.15, 0.2) is 0 Å². The van der Waals surface area contributed by atoms with E-state index in [0.29, 0.717) is 31.3 Å². The molecule has 2 saturated heterocycles. The number of nitrogens with zero attached hydrogens (tertiary/aromatic N) is 4. The average molecular weight is 315 g/mol. The van der Waals surface area contributed by atoms with Gasteiger partial charge in [-0.25, -0.2) is 4.98 Å². The van der Waals surface area contributed by atoms with Crippen molar-refractivity contribution in [2.75, 3.05) is 19.7 Å². The molecule has 1 amide bonds. The first-order valence-corrected chi connectivity index (χ1v) is 7.59. The number of amides is 1. The maximum Gasteiger partial charge on any atom is 0.272 e. The molecule has 0 aromatic carbocycles. The molecule has 2 aromatic heterocycles. The molecule has 2 fully saturated rings. The summed E-state index contributed by atoms with van der Waals surface area (Å²) in [5, 5.41) is 6.51. The van der Waals surface area contributed by atoms with Crippen molar-refractivity contribution in [1.29, 1.82) is 0 Å². The van der Waals surface area contributed by atoms with Crippen LogP contribution in [0.5, 0.6) is 5.88 Å². The summed E-state index contributed by atoms with van der Waals surface area (Å²) in [5.41, 5.74) is 0.198. The maximum absolute atomic E-state index is 12.2. The Hall–Kier alpha value is -2.48. The molecule has 0 saturated carbocycles. The minimum Gasteiger partial charge on any atom is -0.473 e. The first-order valence-electron chi connectivity index (χ1n) is 7.59. The van der Waals surface area contributed by atoms with Crippen LogP contribution in [0.15, 0.2) is 30.9 Å². The lowest BCUT2D eigenvalue weighted by Crippen LogP contribution is -2.67. The number of rotatable bonds is 3. The predicted octanol–water partition coefficient (Wildman–Crippen LogP) is 0.652. The van der Waals surface area contributed by atoms with Crippen LogP contribution in [0.3, 0.4) is 0 Å². The van der Waals surface area contributed by atoms with Gasteiger partial charge < -0.3 is 14.4 Å². The fourth-order valence-electron chi connectivity index (χ4n) is 3.16. The molecular weight excluding hydrogens is 298 g/mol. The Bertz CT molecular complexity index is 670. The second-order valence-electron chi connectivity index (χ2n) is 5.94. The summed E-state index contributed by atoms with van der Waals surface area (Å²) in [6.45, 7) is 1.77. The van der Waals surface area contributed by atoms with Crippen LogP contribution < -0.4 is 4.74 Å². The Labute approximate surface area is 132 Å². The van der Waals surface area contributed by atoms with Gasteiger partial charge in [-0.3, -0.25) is 14.9 Å². The molecule has 1 N–H and O–H groups in total. The summed E-state index contributed by atoms with van der Waals surface area (Å²) >= 11 is 0. The molecular formula is C15H17N5O3. The van der Waals surface area contributed by atoms with E-state index >= 15 is 0 Å². The third kappa shape index (κ3) is 2.77. The molecule has 2 aliphatic heterocycles. The van der Waals surface area contributed by atoms with Gasteiger partial charge >= 0.3 is 0 Å². The topological polar surface area (TPSA) is 93.2 Å². The normalized spacial score (nSPS) is 22.6. The zero-order valence-electron chi connectivity index (χ0n) is 12.5. The van der Waals surface area contributed by atoms with Crippen LogP contribution in [0, 0.1) is 0 Å². The lowest BCUT2D eigenvalue weighted by atomic mass is 9.84. The quantitative estimate of drug-likeness (QED) is 0.894. The van der Waals surface area contributed by atoms with Crippen LogP contribution in [-0.4, -0.2) is 62.4 Å². The molecule has 2 aliphatic rings. The number of likely N-dealkylation sites (tertiary alicyclic amines) is 1. The van der Waals surface area contributed by atoms with Gasteiger partial charge in [-0.05, 0) is 6.07 Å². The third-order valence-electron chi connectivity index (χ3n) is 4.25. The Kier molecular flexibility index (Phi) is 3.45. The van der Waals surface area contributed by atoms with E-state index in [9.17, 15) is 4.79 Å². The summed E-state index contributed by atoms with van der Waals surface area (Å²) < 4.78 is 11.8. The number of aromatic amines is 1. The molecule has 0 aliphatic carbocycles. The highest BCUT2D eigenvalue weighted by molar-refractivity contribution is 5.92. The van der Waals surface area contributed by atoms with E-state index in [1.807, 2.05) is 0 Å². The van der Waals surface area contributed by atoms with Crippen molar-refractivity contribution in [2.45, 2.75) is 24.5 Å². The fraction of sp³-hybridized carbons (Fsp3) is 0.467. The summed E-state index contributed by atoms with van der Waals surface area (Å²) in [4.78, 5) is 22.1. The molecule has 4 heterocycles. The number of H-pyrrole nitrogens is 1. The van der Waals surface area contributed by atoms with Crippen molar-refractivity contribution in [1.82, 2.24) is 25.1 Å². The molecule has 1 atom stereocenters. The molecule has 0 radical (unpaired) electrons. The Balaban J connectivity index is 1.36. The highest BCUT2D eigenvalue weighted by Gasteiger charge is 2.50. The van der Waals surface area contributed by atoms with Gasteiger partial charge in [0.2, 0.25) is 5.88 Å². The van der Waals surface area contributed by atoms with Gasteiger partial charge in [-0.15, -0.1) is 0 Å². The summed E-state index contributed by atoms with van der Waals surface area (Å²) in [6.07, 6.45) is 8.00. The van der Waals surface area contributed by atoms with Crippen molar-refractivity contribution in [2.24, 2.45) is 0 Å². The van der Waals surface area contributed by atoms with Crippen LogP contribution in [0.1, 0.15) is 23.3 Å². The van der Waals surface area contributed by atoms with Gasteiger partial charge in [0.05, 0.1) is 25.9 Å². The van der Waals surface area contributed by atoms with Crippen molar-refractivity contribution in [3.63, 3.8) is 0 Å². The zero-order chi connectivity index (χ0) is 15.7. The van der Waals surface area contributed by atoms with Gasteiger partial charge in [0, 0.05) is 31.4 Å². The highest BCUT2D eigenvalue weighted by Crippen LogP contribution is 2.36. The molecule has 8 nitrogen and oxygen atoms in total. The minimum atomic E-state index is -0.305. The lowest BCUT2D eigenvalue weighted by molar-refractivity contribution is -0.174. The molecule has 2 aromatic rings. The molecule has 120 valence electrons. The second kappa shape index (κ2) is 5.62. The molecule has 8 heteroatoms. The monoisotopic (exact) mass is 315 g/mol. The van der Waals surface area contributed by atoms with Crippen molar-refractivity contribution >= 4 is 5.91 Å². The van der Waals surface area contributed by atoms with E-state index in [1.54, 1.807) is 35.8 Å². The molecule has 1 spiro atoms. The van der Waals surface area contributed by atoms with Gasteiger partial charge in [-0.1, -0.05) is 0 Å². The standard InChI is InChI=1S/C15H17N5O3/c21-14(12-1-3-18-19-12)20-9-15(10-20)7-11(2-6-22-15)23-13-8-16-4-5-17-13/h1,3-5,8,11H,2,6-7,9-10H2,(H,18,19). The van der Waals surface area contributed by atoms with E-state index in [1.165, 1.54) is 0 Å².